The Morgan fingerprint density at radius 1 is 0.889 bits per heavy atom. The largest absolute Gasteiger partial charge is 0.365 e. The fraction of sp³-hybridized carbons (Fsp3) is 0.200. The van der Waals surface area contributed by atoms with Crippen molar-refractivity contribution in [2.75, 3.05) is 10.0 Å². The van der Waals surface area contributed by atoms with E-state index in [2.05, 4.69) is 26.3 Å². The SMILES string of the molecule is CCc1ccc(S(=O)(=O)Nc2ccc(NCc3cccc(C)c3)nn2)cc1. The van der Waals surface area contributed by atoms with Crippen molar-refractivity contribution >= 4 is 21.7 Å². The predicted molar refractivity (Wildman–Crippen MR) is 107 cm³/mol. The van der Waals surface area contributed by atoms with Crippen molar-refractivity contribution in [1.82, 2.24) is 10.2 Å². The smallest absolute Gasteiger partial charge is 0.263 e. The van der Waals surface area contributed by atoms with E-state index in [0.29, 0.717) is 12.4 Å². The summed E-state index contributed by atoms with van der Waals surface area (Å²) in [6.07, 6.45) is 0.857. The highest BCUT2D eigenvalue weighted by atomic mass is 32.2. The lowest BCUT2D eigenvalue weighted by molar-refractivity contribution is 0.601. The van der Waals surface area contributed by atoms with Crippen LogP contribution in [0.2, 0.25) is 0 Å². The number of rotatable bonds is 7. The van der Waals surface area contributed by atoms with Gasteiger partial charge in [0.1, 0.15) is 5.82 Å². The third-order valence-corrected chi connectivity index (χ3v) is 5.47. The Kier molecular flexibility index (Phi) is 5.71. The van der Waals surface area contributed by atoms with Crippen LogP contribution in [0.5, 0.6) is 0 Å². The van der Waals surface area contributed by atoms with Gasteiger partial charge in [0, 0.05) is 6.54 Å². The zero-order chi connectivity index (χ0) is 19.3. The van der Waals surface area contributed by atoms with Crippen LogP contribution in [0.1, 0.15) is 23.6 Å². The van der Waals surface area contributed by atoms with Gasteiger partial charge in [-0.2, -0.15) is 0 Å². The molecule has 0 radical (unpaired) electrons. The van der Waals surface area contributed by atoms with Gasteiger partial charge in [0.2, 0.25) is 0 Å². The summed E-state index contributed by atoms with van der Waals surface area (Å²) in [5, 5.41) is 11.2. The molecule has 0 aliphatic rings. The number of anilines is 2. The first-order chi connectivity index (χ1) is 13.0. The Morgan fingerprint density at radius 3 is 2.22 bits per heavy atom. The summed E-state index contributed by atoms with van der Waals surface area (Å²) in [7, 11) is -3.68. The molecule has 1 aromatic heterocycles. The Bertz CT molecular complexity index is 1000. The number of nitrogens with zero attached hydrogens (tertiary/aromatic N) is 2. The third kappa shape index (κ3) is 5.04. The molecule has 0 amide bonds. The second-order valence-corrected chi connectivity index (χ2v) is 7.93. The van der Waals surface area contributed by atoms with Crippen LogP contribution in [-0.4, -0.2) is 18.6 Å². The van der Waals surface area contributed by atoms with Gasteiger partial charge < -0.3 is 5.32 Å². The number of sulfonamides is 1. The van der Waals surface area contributed by atoms with Crippen LogP contribution in [0.3, 0.4) is 0 Å². The fourth-order valence-electron chi connectivity index (χ4n) is 2.60. The maximum Gasteiger partial charge on any atom is 0.263 e. The van der Waals surface area contributed by atoms with Crippen molar-refractivity contribution in [3.63, 3.8) is 0 Å². The van der Waals surface area contributed by atoms with E-state index in [-0.39, 0.29) is 10.7 Å². The van der Waals surface area contributed by atoms with Crippen LogP contribution >= 0.6 is 0 Å². The molecule has 0 bridgehead atoms. The molecule has 3 aromatic rings. The van der Waals surface area contributed by atoms with E-state index in [0.717, 1.165) is 17.5 Å². The second kappa shape index (κ2) is 8.18. The van der Waals surface area contributed by atoms with E-state index >= 15 is 0 Å². The summed E-state index contributed by atoms with van der Waals surface area (Å²) >= 11 is 0. The number of nitrogens with one attached hydrogen (secondary N) is 2. The Balaban J connectivity index is 1.64. The first-order valence-electron chi connectivity index (χ1n) is 8.71. The lowest BCUT2D eigenvalue weighted by Gasteiger charge is -2.09. The Labute approximate surface area is 159 Å². The minimum atomic E-state index is -3.68. The normalized spacial score (nSPS) is 11.2. The van der Waals surface area contributed by atoms with Crippen molar-refractivity contribution in [2.24, 2.45) is 0 Å². The van der Waals surface area contributed by atoms with Crippen LogP contribution in [-0.2, 0) is 23.0 Å². The van der Waals surface area contributed by atoms with E-state index in [1.54, 1.807) is 36.4 Å². The van der Waals surface area contributed by atoms with Crippen molar-refractivity contribution in [2.45, 2.75) is 31.7 Å². The summed E-state index contributed by atoms with van der Waals surface area (Å²) in [5.41, 5.74) is 3.41. The molecule has 0 aliphatic carbocycles. The molecular formula is C20H22N4O2S. The van der Waals surface area contributed by atoms with Gasteiger partial charge in [-0.15, -0.1) is 10.2 Å². The first-order valence-corrected chi connectivity index (χ1v) is 10.2. The molecule has 140 valence electrons. The molecule has 27 heavy (non-hydrogen) atoms. The molecule has 3 rings (SSSR count). The monoisotopic (exact) mass is 382 g/mol. The van der Waals surface area contributed by atoms with Crippen molar-refractivity contribution < 1.29 is 8.42 Å². The topological polar surface area (TPSA) is 84.0 Å². The molecule has 0 fully saturated rings. The zero-order valence-corrected chi connectivity index (χ0v) is 16.1. The minimum Gasteiger partial charge on any atom is -0.365 e. The molecule has 6 nitrogen and oxygen atoms in total. The van der Waals surface area contributed by atoms with Crippen molar-refractivity contribution in [1.29, 1.82) is 0 Å². The summed E-state index contributed by atoms with van der Waals surface area (Å²) in [5.74, 6) is 0.752. The molecule has 7 heteroatoms. The zero-order valence-electron chi connectivity index (χ0n) is 15.3. The standard InChI is InChI=1S/C20H22N4O2S/c1-3-16-7-9-18(10-8-16)27(25,26)24-20-12-11-19(22-23-20)21-14-17-6-4-5-15(2)13-17/h4-13H,3,14H2,1-2H3,(H,21,22)(H,23,24). The molecule has 0 aliphatic heterocycles. The highest BCUT2D eigenvalue weighted by molar-refractivity contribution is 7.92. The van der Waals surface area contributed by atoms with Crippen LogP contribution in [0, 0.1) is 6.92 Å². The van der Waals surface area contributed by atoms with E-state index in [4.69, 9.17) is 0 Å². The van der Waals surface area contributed by atoms with Crippen LogP contribution in [0.25, 0.3) is 0 Å². The number of benzene rings is 2. The Morgan fingerprint density at radius 2 is 1.59 bits per heavy atom. The maximum atomic E-state index is 12.4. The predicted octanol–water partition coefficient (Wildman–Crippen LogP) is 3.76. The van der Waals surface area contributed by atoms with Crippen LogP contribution in [0.4, 0.5) is 11.6 Å². The van der Waals surface area contributed by atoms with Gasteiger partial charge in [0.15, 0.2) is 5.82 Å². The molecule has 0 saturated heterocycles. The van der Waals surface area contributed by atoms with E-state index in [1.807, 2.05) is 32.0 Å². The van der Waals surface area contributed by atoms with Crippen molar-refractivity contribution in [3.8, 4) is 0 Å². The summed E-state index contributed by atoms with van der Waals surface area (Å²) in [6, 6.07) is 18.2. The van der Waals surface area contributed by atoms with E-state index in [1.165, 1.54) is 5.56 Å². The third-order valence-electron chi connectivity index (χ3n) is 4.10. The molecule has 1 heterocycles. The minimum absolute atomic E-state index is 0.177. The van der Waals surface area contributed by atoms with Gasteiger partial charge in [0.25, 0.3) is 10.0 Å². The van der Waals surface area contributed by atoms with Gasteiger partial charge in [0.05, 0.1) is 4.90 Å². The number of hydrogen-bond donors (Lipinski definition) is 2. The van der Waals surface area contributed by atoms with Crippen LogP contribution < -0.4 is 10.0 Å². The molecule has 2 aromatic carbocycles. The van der Waals surface area contributed by atoms with Gasteiger partial charge in [-0.05, 0) is 48.7 Å². The summed E-state index contributed by atoms with van der Waals surface area (Å²) in [4.78, 5) is 0.197. The number of hydrogen-bond acceptors (Lipinski definition) is 5. The lowest BCUT2D eigenvalue weighted by atomic mass is 10.1. The summed E-state index contributed by atoms with van der Waals surface area (Å²) in [6.45, 7) is 4.68. The average Bonchev–Trinajstić information content (AvgIpc) is 2.67. The van der Waals surface area contributed by atoms with Crippen LogP contribution in [0.15, 0.2) is 65.6 Å². The summed E-state index contributed by atoms with van der Waals surface area (Å²) < 4.78 is 27.3. The fourth-order valence-corrected chi connectivity index (χ4v) is 3.59. The molecule has 2 N–H and O–H groups in total. The number of aromatic nitrogens is 2. The quantitative estimate of drug-likeness (QED) is 0.650. The van der Waals surface area contributed by atoms with Gasteiger partial charge in [-0.1, -0.05) is 48.9 Å². The highest BCUT2D eigenvalue weighted by Gasteiger charge is 2.15. The number of aryl methyl sites for hydroxylation is 2. The first kappa shape index (κ1) is 18.8. The molecule has 0 spiro atoms. The molecule has 0 unspecified atom stereocenters. The maximum absolute atomic E-state index is 12.4. The second-order valence-electron chi connectivity index (χ2n) is 6.25. The van der Waals surface area contributed by atoms with Crippen molar-refractivity contribution in [3.05, 3.63) is 77.4 Å². The average molecular weight is 382 g/mol. The lowest BCUT2D eigenvalue weighted by Crippen LogP contribution is -2.14. The van der Waals surface area contributed by atoms with Gasteiger partial charge >= 0.3 is 0 Å². The molecule has 0 atom stereocenters. The van der Waals surface area contributed by atoms with E-state index < -0.39 is 10.0 Å². The van der Waals surface area contributed by atoms with Gasteiger partial charge in [-0.3, -0.25) is 4.72 Å². The molecular weight excluding hydrogens is 360 g/mol. The Hall–Kier alpha value is -2.93. The highest BCUT2D eigenvalue weighted by Crippen LogP contribution is 2.16. The van der Waals surface area contributed by atoms with Gasteiger partial charge in [-0.25, -0.2) is 8.42 Å². The van der Waals surface area contributed by atoms with E-state index in [9.17, 15) is 8.42 Å². The molecule has 0 saturated carbocycles.